The minimum Gasteiger partial charge on any atom is -0.495 e. The second kappa shape index (κ2) is 7.11. The molecule has 1 N–H and O–H groups in total. The molecule has 0 amide bonds. The van der Waals surface area contributed by atoms with Gasteiger partial charge in [0.05, 0.1) is 18.2 Å². The molecular weight excluding hydrogens is 290 g/mol. The lowest BCUT2D eigenvalue weighted by Gasteiger charge is -2.18. The van der Waals surface area contributed by atoms with Crippen LogP contribution in [-0.2, 0) is 6.42 Å². The average Bonchev–Trinajstić information content (AvgIpc) is 2.94. The van der Waals surface area contributed by atoms with E-state index in [1.807, 2.05) is 23.5 Å². The van der Waals surface area contributed by atoms with Gasteiger partial charge in [0, 0.05) is 9.75 Å². The quantitative estimate of drug-likeness (QED) is 0.837. The molecule has 0 aliphatic heterocycles. The van der Waals surface area contributed by atoms with Crippen molar-refractivity contribution < 1.29 is 4.74 Å². The van der Waals surface area contributed by atoms with E-state index in [1.165, 1.54) is 15.3 Å². The van der Waals surface area contributed by atoms with Gasteiger partial charge in [-0.15, -0.1) is 11.3 Å². The van der Waals surface area contributed by atoms with Gasteiger partial charge in [-0.2, -0.15) is 0 Å². The van der Waals surface area contributed by atoms with Crippen LogP contribution in [0, 0.1) is 0 Å². The van der Waals surface area contributed by atoms with Gasteiger partial charge in [-0.05, 0) is 42.8 Å². The minimum atomic E-state index is 0.191. The van der Waals surface area contributed by atoms with Crippen LogP contribution in [0.25, 0.3) is 0 Å². The van der Waals surface area contributed by atoms with Crippen molar-refractivity contribution in [1.29, 1.82) is 0 Å². The first-order chi connectivity index (χ1) is 9.69. The van der Waals surface area contributed by atoms with Crippen LogP contribution in [0.2, 0.25) is 5.02 Å². The summed E-state index contributed by atoms with van der Waals surface area (Å²) >= 11 is 7.96. The lowest BCUT2D eigenvalue weighted by molar-refractivity contribution is 0.414. The van der Waals surface area contributed by atoms with E-state index < -0.39 is 0 Å². The number of hydrogen-bond acceptors (Lipinski definition) is 3. The molecule has 2 nitrogen and oxygen atoms in total. The predicted octanol–water partition coefficient (Wildman–Crippen LogP) is 4.67. The van der Waals surface area contributed by atoms with Crippen LogP contribution >= 0.6 is 22.9 Å². The van der Waals surface area contributed by atoms with Crippen LogP contribution in [0.5, 0.6) is 5.75 Å². The van der Waals surface area contributed by atoms with E-state index in [2.05, 4.69) is 37.4 Å². The molecule has 2 rings (SSSR count). The topological polar surface area (TPSA) is 21.3 Å². The zero-order chi connectivity index (χ0) is 14.5. The summed E-state index contributed by atoms with van der Waals surface area (Å²) in [5, 5.41) is 4.18. The van der Waals surface area contributed by atoms with Gasteiger partial charge >= 0.3 is 0 Å². The third kappa shape index (κ3) is 3.35. The molecule has 1 aromatic carbocycles. The maximum atomic E-state index is 6.11. The molecule has 0 saturated heterocycles. The summed E-state index contributed by atoms with van der Waals surface area (Å²) < 4.78 is 5.32. The highest BCUT2D eigenvalue weighted by Gasteiger charge is 2.16. The second-order valence-corrected chi connectivity index (χ2v) is 6.15. The van der Waals surface area contributed by atoms with Gasteiger partial charge in [0.15, 0.2) is 0 Å². The van der Waals surface area contributed by atoms with Crippen molar-refractivity contribution in [3.05, 3.63) is 50.7 Å². The Kier molecular flexibility index (Phi) is 5.46. The van der Waals surface area contributed by atoms with E-state index in [0.29, 0.717) is 5.02 Å². The first-order valence-electron chi connectivity index (χ1n) is 6.85. The SMILES string of the molecule is CCNC(c1ccc(Cl)c(OC)c1)c1ccc(CC)s1. The average molecular weight is 310 g/mol. The van der Waals surface area contributed by atoms with Crippen molar-refractivity contribution in [3.63, 3.8) is 0 Å². The molecule has 108 valence electrons. The highest BCUT2D eigenvalue weighted by atomic mass is 35.5. The van der Waals surface area contributed by atoms with Gasteiger partial charge in [0.1, 0.15) is 5.75 Å². The van der Waals surface area contributed by atoms with E-state index in [9.17, 15) is 0 Å². The van der Waals surface area contributed by atoms with Gasteiger partial charge in [-0.25, -0.2) is 0 Å². The Morgan fingerprint density at radius 2 is 2.05 bits per heavy atom. The van der Waals surface area contributed by atoms with E-state index in [-0.39, 0.29) is 6.04 Å². The Morgan fingerprint density at radius 1 is 1.25 bits per heavy atom. The van der Waals surface area contributed by atoms with Crippen molar-refractivity contribution in [2.24, 2.45) is 0 Å². The molecule has 2 aromatic rings. The lowest BCUT2D eigenvalue weighted by atomic mass is 10.0. The highest BCUT2D eigenvalue weighted by Crippen LogP contribution is 2.33. The fourth-order valence-electron chi connectivity index (χ4n) is 2.18. The first-order valence-corrected chi connectivity index (χ1v) is 8.04. The van der Waals surface area contributed by atoms with Gasteiger partial charge < -0.3 is 10.1 Å². The Bertz CT molecular complexity index is 567. The summed E-state index contributed by atoms with van der Waals surface area (Å²) in [5.74, 6) is 0.722. The number of hydrogen-bond donors (Lipinski definition) is 1. The fraction of sp³-hybridized carbons (Fsp3) is 0.375. The summed E-state index contributed by atoms with van der Waals surface area (Å²) in [6.45, 7) is 5.21. The third-order valence-electron chi connectivity index (χ3n) is 3.23. The number of methoxy groups -OCH3 is 1. The third-order valence-corrected chi connectivity index (χ3v) is 4.84. The largest absolute Gasteiger partial charge is 0.495 e. The number of aryl methyl sites for hydroxylation is 1. The zero-order valence-corrected chi connectivity index (χ0v) is 13.6. The maximum Gasteiger partial charge on any atom is 0.137 e. The molecule has 0 fully saturated rings. The van der Waals surface area contributed by atoms with E-state index >= 15 is 0 Å². The normalized spacial score (nSPS) is 12.4. The monoisotopic (exact) mass is 309 g/mol. The summed E-state index contributed by atoms with van der Waals surface area (Å²) in [5.41, 5.74) is 1.18. The molecule has 0 aliphatic carbocycles. The van der Waals surface area contributed by atoms with Gasteiger partial charge in [0.2, 0.25) is 0 Å². The zero-order valence-electron chi connectivity index (χ0n) is 12.1. The molecule has 1 aromatic heterocycles. The van der Waals surface area contributed by atoms with Gasteiger partial charge in [0.25, 0.3) is 0 Å². The number of benzene rings is 1. The number of rotatable bonds is 6. The molecule has 1 atom stereocenters. The fourth-order valence-corrected chi connectivity index (χ4v) is 3.43. The summed E-state index contributed by atoms with van der Waals surface area (Å²) in [7, 11) is 1.65. The van der Waals surface area contributed by atoms with E-state index in [1.54, 1.807) is 7.11 Å². The van der Waals surface area contributed by atoms with Gasteiger partial charge in [-0.1, -0.05) is 31.5 Å². The number of ether oxygens (including phenoxy) is 1. The summed E-state index contributed by atoms with van der Waals surface area (Å²) in [6.07, 6.45) is 1.08. The van der Waals surface area contributed by atoms with Crippen molar-refractivity contribution in [3.8, 4) is 5.75 Å². The summed E-state index contributed by atoms with van der Waals surface area (Å²) in [6, 6.07) is 10.6. The molecular formula is C16H20ClNOS. The molecule has 0 spiro atoms. The van der Waals surface area contributed by atoms with Crippen LogP contribution < -0.4 is 10.1 Å². The Morgan fingerprint density at radius 3 is 2.65 bits per heavy atom. The maximum absolute atomic E-state index is 6.11. The van der Waals surface area contributed by atoms with Crippen LogP contribution in [0.4, 0.5) is 0 Å². The summed E-state index contributed by atoms with van der Waals surface area (Å²) in [4.78, 5) is 2.73. The molecule has 0 saturated carbocycles. The van der Waals surface area contributed by atoms with Crippen molar-refractivity contribution in [2.75, 3.05) is 13.7 Å². The molecule has 4 heteroatoms. The molecule has 20 heavy (non-hydrogen) atoms. The number of halogens is 1. The van der Waals surface area contributed by atoms with Crippen molar-refractivity contribution in [1.82, 2.24) is 5.32 Å². The molecule has 0 radical (unpaired) electrons. The number of thiophene rings is 1. The predicted molar refractivity (Wildman–Crippen MR) is 87.2 cm³/mol. The Balaban J connectivity index is 2.37. The second-order valence-electron chi connectivity index (χ2n) is 4.54. The van der Waals surface area contributed by atoms with Crippen molar-refractivity contribution in [2.45, 2.75) is 26.3 Å². The molecule has 1 heterocycles. The van der Waals surface area contributed by atoms with Crippen molar-refractivity contribution >= 4 is 22.9 Å². The smallest absolute Gasteiger partial charge is 0.137 e. The first kappa shape index (κ1) is 15.4. The van der Waals surface area contributed by atoms with Crippen LogP contribution in [-0.4, -0.2) is 13.7 Å². The van der Waals surface area contributed by atoms with E-state index in [4.69, 9.17) is 16.3 Å². The van der Waals surface area contributed by atoms with Crippen LogP contribution in [0.15, 0.2) is 30.3 Å². The molecule has 1 unspecified atom stereocenters. The number of nitrogens with one attached hydrogen (secondary N) is 1. The molecule has 0 bridgehead atoms. The minimum absolute atomic E-state index is 0.191. The van der Waals surface area contributed by atoms with E-state index in [0.717, 1.165) is 18.7 Å². The lowest BCUT2D eigenvalue weighted by Crippen LogP contribution is -2.21. The standard InChI is InChI=1S/C16H20ClNOS/c1-4-12-7-9-15(20-12)16(18-5-2)11-6-8-13(17)14(10-11)19-3/h6-10,16,18H,4-5H2,1-3H3. The Labute approximate surface area is 129 Å². The van der Waals surface area contributed by atoms with Crippen LogP contribution in [0.3, 0.4) is 0 Å². The van der Waals surface area contributed by atoms with Gasteiger partial charge in [-0.3, -0.25) is 0 Å². The highest BCUT2D eigenvalue weighted by molar-refractivity contribution is 7.12. The Hall–Kier alpha value is -1.03. The molecule has 0 aliphatic rings. The van der Waals surface area contributed by atoms with Crippen LogP contribution in [0.1, 0.15) is 35.2 Å².